The van der Waals surface area contributed by atoms with Crippen LogP contribution in [0.5, 0.6) is 0 Å². The van der Waals surface area contributed by atoms with Gasteiger partial charge in [-0.2, -0.15) is 5.26 Å². The third-order valence-electron chi connectivity index (χ3n) is 2.99. The maximum atomic E-state index is 10.7. The Bertz CT molecular complexity index is 513. The number of anilines is 1. The number of aliphatic carboxylic acids is 1. The fourth-order valence-electron chi connectivity index (χ4n) is 2.03. The largest absolute Gasteiger partial charge is 0.481 e. The third-order valence-corrected chi connectivity index (χ3v) is 2.99. The fraction of sp³-hybridized carbons (Fsp3) is 0.417. The van der Waals surface area contributed by atoms with E-state index in [-0.39, 0.29) is 5.92 Å². The molecule has 1 aromatic heterocycles. The maximum Gasteiger partial charge on any atom is 0.310 e. The van der Waals surface area contributed by atoms with E-state index in [0.29, 0.717) is 24.3 Å². The van der Waals surface area contributed by atoms with Crippen LogP contribution in [0.25, 0.3) is 0 Å². The van der Waals surface area contributed by atoms with Crippen molar-refractivity contribution in [3.05, 3.63) is 23.0 Å². The van der Waals surface area contributed by atoms with Gasteiger partial charge in [0.1, 0.15) is 6.07 Å². The highest BCUT2D eigenvalue weighted by molar-refractivity contribution is 5.75. The molecule has 1 N–H and O–H groups in total. The Kier molecular flexibility index (Phi) is 2.72. The first kappa shape index (κ1) is 11.4. The summed E-state index contributed by atoms with van der Waals surface area (Å²) in [6.07, 6.45) is 0. The fourth-order valence-corrected chi connectivity index (χ4v) is 2.03. The molecule has 1 saturated heterocycles. The van der Waals surface area contributed by atoms with E-state index in [9.17, 15) is 4.79 Å². The Balaban J connectivity index is 2.29. The zero-order chi connectivity index (χ0) is 12.6. The number of pyridine rings is 1. The summed E-state index contributed by atoms with van der Waals surface area (Å²) in [5.74, 6) is -1.10. The van der Waals surface area contributed by atoms with E-state index in [1.807, 2.05) is 17.9 Å². The summed E-state index contributed by atoms with van der Waals surface area (Å²) in [4.78, 5) is 16.9. The number of nitrogens with zero attached hydrogens (tertiary/aromatic N) is 3. The van der Waals surface area contributed by atoms with Gasteiger partial charge in [-0.25, -0.2) is 0 Å². The molecule has 0 unspecified atom stereocenters. The SMILES string of the molecule is Cc1cc(N2CC(C(=O)O)C2)c(C#N)c(C)n1. The van der Waals surface area contributed by atoms with E-state index in [0.717, 1.165) is 11.4 Å². The molecule has 88 valence electrons. The molecule has 1 fully saturated rings. The number of carboxylic acid groups (broad SMARTS) is 1. The summed E-state index contributed by atoms with van der Waals surface area (Å²) in [5.41, 5.74) is 2.88. The van der Waals surface area contributed by atoms with E-state index in [4.69, 9.17) is 10.4 Å². The second kappa shape index (κ2) is 4.06. The van der Waals surface area contributed by atoms with Crippen molar-refractivity contribution in [3.63, 3.8) is 0 Å². The molecule has 0 aromatic carbocycles. The third kappa shape index (κ3) is 1.94. The zero-order valence-corrected chi connectivity index (χ0v) is 9.77. The Hall–Kier alpha value is -2.09. The topological polar surface area (TPSA) is 77.2 Å². The predicted octanol–water partition coefficient (Wildman–Crippen LogP) is 1.09. The van der Waals surface area contributed by atoms with Gasteiger partial charge >= 0.3 is 5.97 Å². The minimum absolute atomic E-state index is 0.324. The summed E-state index contributed by atoms with van der Waals surface area (Å²) in [5, 5.41) is 17.9. The Morgan fingerprint density at radius 3 is 2.76 bits per heavy atom. The number of hydrogen-bond donors (Lipinski definition) is 1. The van der Waals surface area contributed by atoms with Gasteiger partial charge < -0.3 is 10.0 Å². The molecule has 0 aliphatic carbocycles. The maximum absolute atomic E-state index is 10.7. The average Bonchev–Trinajstić information content (AvgIpc) is 2.13. The molecule has 2 heterocycles. The monoisotopic (exact) mass is 231 g/mol. The minimum Gasteiger partial charge on any atom is -0.481 e. The lowest BCUT2D eigenvalue weighted by molar-refractivity contribution is -0.142. The first-order valence-electron chi connectivity index (χ1n) is 5.39. The van der Waals surface area contributed by atoms with E-state index in [2.05, 4.69) is 11.1 Å². The Morgan fingerprint density at radius 2 is 2.24 bits per heavy atom. The molecule has 0 saturated carbocycles. The lowest BCUT2D eigenvalue weighted by Gasteiger charge is -2.39. The van der Waals surface area contributed by atoms with Crippen LogP contribution in [-0.2, 0) is 4.79 Å². The standard InChI is InChI=1S/C12H13N3O2/c1-7-3-11(10(4-13)8(2)14-7)15-5-9(6-15)12(16)17/h3,9H,5-6H2,1-2H3,(H,16,17). The van der Waals surface area contributed by atoms with Gasteiger partial charge in [0, 0.05) is 18.8 Å². The molecular formula is C12H13N3O2. The van der Waals surface area contributed by atoms with Crippen molar-refractivity contribution in [2.75, 3.05) is 18.0 Å². The van der Waals surface area contributed by atoms with E-state index in [1.54, 1.807) is 6.92 Å². The van der Waals surface area contributed by atoms with Gasteiger partial charge in [-0.05, 0) is 19.9 Å². The summed E-state index contributed by atoms with van der Waals surface area (Å²) in [6.45, 7) is 4.59. The summed E-state index contributed by atoms with van der Waals surface area (Å²) >= 11 is 0. The van der Waals surface area contributed by atoms with Crippen LogP contribution >= 0.6 is 0 Å². The predicted molar refractivity (Wildman–Crippen MR) is 61.8 cm³/mol. The highest BCUT2D eigenvalue weighted by Crippen LogP contribution is 2.29. The molecule has 1 aromatic rings. The lowest BCUT2D eigenvalue weighted by Crippen LogP contribution is -2.50. The summed E-state index contributed by atoms with van der Waals surface area (Å²) in [7, 11) is 0. The number of nitriles is 1. The quantitative estimate of drug-likeness (QED) is 0.824. The van der Waals surface area contributed by atoms with Gasteiger partial charge in [-0.1, -0.05) is 0 Å². The lowest BCUT2D eigenvalue weighted by atomic mass is 9.98. The molecule has 0 bridgehead atoms. The zero-order valence-electron chi connectivity index (χ0n) is 9.77. The number of carbonyl (C=O) groups is 1. The number of rotatable bonds is 2. The van der Waals surface area contributed by atoms with Gasteiger partial charge in [0.15, 0.2) is 0 Å². The van der Waals surface area contributed by atoms with Crippen molar-refractivity contribution in [1.82, 2.24) is 4.98 Å². The van der Waals surface area contributed by atoms with Crippen molar-refractivity contribution < 1.29 is 9.90 Å². The first-order valence-corrected chi connectivity index (χ1v) is 5.39. The smallest absolute Gasteiger partial charge is 0.310 e. The molecule has 5 heteroatoms. The molecule has 0 radical (unpaired) electrons. The molecule has 0 amide bonds. The molecule has 1 aliphatic heterocycles. The number of hydrogen-bond acceptors (Lipinski definition) is 4. The number of aryl methyl sites for hydroxylation is 2. The van der Waals surface area contributed by atoms with Crippen LogP contribution in [0.1, 0.15) is 17.0 Å². The normalized spacial score (nSPS) is 15.2. The van der Waals surface area contributed by atoms with Gasteiger partial charge in [0.25, 0.3) is 0 Å². The van der Waals surface area contributed by atoms with Crippen molar-refractivity contribution in [3.8, 4) is 6.07 Å². The van der Waals surface area contributed by atoms with Crippen LogP contribution in [0.4, 0.5) is 5.69 Å². The highest BCUT2D eigenvalue weighted by atomic mass is 16.4. The summed E-state index contributed by atoms with van der Waals surface area (Å²) < 4.78 is 0. The van der Waals surface area contributed by atoms with Gasteiger partial charge in [-0.3, -0.25) is 9.78 Å². The Labute approximate surface area is 99.3 Å². The minimum atomic E-state index is -0.776. The highest BCUT2D eigenvalue weighted by Gasteiger charge is 2.34. The van der Waals surface area contributed by atoms with E-state index < -0.39 is 5.97 Å². The molecular weight excluding hydrogens is 218 g/mol. The van der Waals surface area contributed by atoms with Gasteiger partial charge in [0.05, 0.1) is 22.9 Å². The van der Waals surface area contributed by atoms with Crippen LogP contribution in [-0.4, -0.2) is 29.1 Å². The van der Waals surface area contributed by atoms with Crippen molar-refractivity contribution in [2.45, 2.75) is 13.8 Å². The molecule has 5 nitrogen and oxygen atoms in total. The average molecular weight is 231 g/mol. The van der Waals surface area contributed by atoms with Crippen molar-refractivity contribution in [1.29, 1.82) is 5.26 Å². The molecule has 0 atom stereocenters. The number of carboxylic acids is 1. The Morgan fingerprint density at radius 1 is 1.59 bits per heavy atom. The molecule has 1 aliphatic rings. The van der Waals surface area contributed by atoms with Crippen LogP contribution in [0.3, 0.4) is 0 Å². The summed E-state index contributed by atoms with van der Waals surface area (Å²) in [6, 6.07) is 3.97. The van der Waals surface area contributed by atoms with E-state index >= 15 is 0 Å². The number of aromatic nitrogens is 1. The van der Waals surface area contributed by atoms with Gasteiger partial charge in [-0.15, -0.1) is 0 Å². The first-order chi connectivity index (χ1) is 8.02. The van der Waals surface area contributed by atoms with Crippen LogP contribution in [0, 0.1) is 31.1 Å². The van der Waals surface area contributed by atoms with Crippen LogP contribution < -0.4 is 4.90 Å². The molecule has 17 heavy (non-hydrogen) atoms. The van der Waals surface area contributed by atoms with E-state index in [1.165, 1.54) is 0 Å². The van der Waals surface area contributed by atoms with Crippen molar-refractivity contribution in [2.24, 2.45) is 5.92 Å². The van der Waals surface area contributed by atoms with Crippen LogP contribution in [0.15, 0.2) is 6.07 Å². The second-order valence-corrected chi connectivity index (χ2v) is 4.30. The van der Waals surface area contributed by atoms with Crippen molar-refractivity contribution >= 4 is 11.7 Å². The molecule has 0 spiro atoms. The van der Waals surface area contributed by atoms with Gasteiger partial charge in [0.2, 0.25) is 0 Å². The van der Waals surface area contributed by atoms with Crippen LogP contribution in [0.2, 0.25) is 0 Å². The second-order valence-electron chi connectivity index (χ2n) is 4.30. The molecule has 2 rings (SSSR count).